The van der Waals surface area contributed by atoms with Crippen molar-refractivity contribution in [1.29, 1.82) is 0 Å². The van der Waals surface area contributed by atoms with Gasteiger partial charge in [0.15, 0.2) is 0 Å². The van der Waals surface area contributed by atoms with Crippen LogP contribution in [0.2, 0.25) is 0 Å². The van der Waals surface area contributed by atoms with E-state index >= 15 is 0 Å². The Labute approximate surface area is 115 Å². The van der Waals surface area contributed by atoms with Crippen molar-refractivity contribution < 1.29 is 0 Å². The summed E-state index contributed by atoms with van der Waals surface area (Å²) in [6.45, 7) is 2.68. The monoisotopic (exact) mass is 254 g/mol. The first-order valence-corrected chi connectivity index (χ1v) is 6.89. The van der Waals surface area contributed by atoms with E-state index < -0.39 is 0 Å². The summed E-state index contributed by atoms with van der Waals surface area (Å²) in [5.41, 5.74) is 16.4. The largest absolute Gasteiger partial charge is 0.329 e. The van der Waals surface area contributed by atoms with E-state index in [0.29, 0.717) is 6.54 Å². The smallest absolute Gasteiger partial charge is 0.0419 e. The number of nitrogens with two attached hydrogens (primary N) is 2. The van der Waals surface area contributed by atoms with E-state index in [1.165, 1.54) is 23.1 Å². The van der Waals surface area contributed by atoms with Crippen LogP contribution in [0.25, 0.3) is 11.1 Å². The first-order chi connectivity index (χ1) is 9.24. The van der Waals surface area contributed by atoms with Crippen molar-refractivity contribution >= 4 is 0 Å². The fourth-order valence-electron chi connectivity index (χ4n) is 2.21. The minimum atomic E-state index is -0.0685. The van der Waals surface area contributed by atoms with Gasteiger partial charge in [0.05, 0.1) is 0 Å². The van der Waals surface area contributed by atoms with Crippen LogP contribution in [-0.2, 0) is 6.42 Å². The number of benzene rings is 2. The van der Waals surface area contributed by atoms with Crippen molar-refractivity contribution in [2.45, 2.75) is 25.8 Å². The van der Waals surface area contributed by atoms with E-state index in [1.807, 2.05) is 0 Å². The molecule has 0 aliphatic carbocycles. The van der Waals surface area contributed by atoms with Crippen LogP contribution < -0.4 is 11.5 Å². The minimum Gasteiger partial charge on any atom is -0.329 e. The first-order valence-electron chi connectivity index (χ1n) is 6.89. The van der Waals surface area contributed by atoms with Crippen LogP contribution in [-0.4, -0.2) is 6.54 Å². The van der Waals surface area contributed by atoms with Crippen LogP contribution in [0.4, 0.5) is 0 Å². The molecule has 0 bridgehead atoms. The Morgan fingerprint density at radius 2 is 1.42 bits per heavy atom. The molecule has 1 unspecified atom stereocenters. The van der Waals surface area contributed by atoms with Crippen molar-refractivity contribution in [3.8, 4) is 11.1 Å². The fourth-order valence-corrected chi connectivity index (χ4v) is 2.21. The summed E-state index contributed by atoms with van der Waals surface area (Å²) in [7, 11) is 0. The molecular weight excluding hydrogens is 232 g/mol. The first kappa shape index (κ1) is 13.8. The summed E-state index contributed by atoms with van der Waals surface area (Å²) in [6, 6.07) is 17.1. The van der Waals surface area contributed by atoms with Gasteiger partial charge in [-0.3, -0.25) is 0 Å². The molecule has 0 amide bonds. The maximum atomic E-state index is 5.91. The summed E-state index contributed by atoms with van der Waals surface area (Å²) in [6.07, 6.45) is 2.33. The lowest BCUT2D eigenvalue weighted by atomic mass is 9.99. The average Bonchev–Trinajstić information content (AvgIpc) is 2.48. The fraction of sp³-hybridized carbons (Fsp3) is 0.294. The van der Waals surface area contributed by atoms with Crippen LogP contribution in [0.5, 0.6) is 0 Å². The lowest BCUT2D eigenvalue weighted by Crippen LogP contribution is -2.20. The van der Waals surface area contributed by atoms with Gasteiger partial charge in [0, 0.05) is 12.6 Å². The third-order valence-corrected chi connectivity index (χ3v) is 3.42. The Morgan fingerprint density at radius 3 is 1.89 bits per heavy atom. The summed E-state index contributed by atoms with van der Waals surface area (Å²) in [5.74, 6) is 0. The number of hydrogen-bond acceptors (Lipinski definition) is 2. The van der Waals surface area contributed by atoms with Crippen molar-refractivity contribution in [2.24, 2.45) is 11.5 Å². The second-order valence-corrected chi connectivity index (χ2v) is 4.91. The summed E-state index contributed by atoms with van der Waals surface area (Å²) >= 11 is 0. The van der Waals surface area contributed by atoms with Crippen LogP contribution >= 0.6 is 0 Å². The van der Waals surface area contributed by atoms with Crippen molar-refractivity contribution in [1.82, 2.24) is 0 Å². The van der Waals surface area contributed by atoms with Gasteiger partial charge in [0.2, 0.25) is 0 Å². The van der Waals surface area contributed by atoms with E-state index in [0.717, 1.165) is 12.0 Å². The van der Waals surface area contributed by atoms with Gasteiger partial charge in [0.1, 0.15) is 0 Å². The van der Waals surface area contributed by atoms with E-state index in [-0.39, 0.29) is 6.04 Å². The van der Waals surface area contributed by atoms with Gasteiger partial charge in [-0.15, -0.1) is 0 Å². The van der Waals surface area contributed by atoms with Crippen molar-refractivity contribution in [3.05, 3.63) is 59.7 Å². The van der Waals surface area contributed by atoms with Crippen LogP contribution in [0.15, 0.2) is 48.5 Å². The number of hydrogen-bond donors (Lipinski definition) is 2. The van der Waals surface area contributed by atoms with Crippen molar-refractivity contribution in [2.75, 3.05) is 6.54 Å². The zero-order valence-electron chi connectivity index (χ0n) is 11.5. The number of aryl methyl sites for hydroxylation is 1. The van der Waals surface area contributed by atoms with E-state index in [9.17, 15) is 0 Å². The molecule has 2 nitrogen and oxygen atoms in total. The maximum absolute atomic E-state index is 5.91. The molecule has 0 aliphatic heterocycles. The molecule has 0 radical (unpaired) electrons. The molecule has 2 aromatic carbocycles. The summed E-state index contributed by atoms with van der Waals surface area (Å²) in [4.78, 5) is 0. The van der Waals surface area contributed by atoms with Crippen LogP contribution in [0.3, 0.4) is 0 Å². The van der Waals surface area contributed by atoms with Gasteiger partial charge in [-0.2, -0.15) is 0 Å². The van der Waals surface area contributed by atoms with Crippen LogP contribution in [0, 0.1) is 0 Å². The third kappa shape index (κ3) is 3.43. The molecule has 1 atom stereocenters. The predicted molar refractivity (Wildman–Crippen MR) is 81.9 cm³/mol. The molecule has 4 N–H and O–H groups in total. The second-order valence-electron chi connectivity index (χ2n) is 4.91. The molecule has 0 spiro atoms. The molecule has 19 heavy (non-hydrogen) atoms. The molecule has 0 heterocycles. The maximum Gasteiger partial charge on any atom is 0.0419 e. The number of rotatable bonds is 5. The topological polar surface area (TPSA) is 52.0 Å². The standard InChI is InChI=1S/C17H22N2/c1-2-3-13-4-6-14(7-5-13)15-8-10-16(11-9-15)17(19)12-18/h4-11,17H,2-3,12,18-19H2,1H3. The summed E-state index contributed by atoms with van der Waals surface area (Å²) in [5, 5.41) is 0. The molecule has 2 aromatic rings. The second kappa shape index (κ2) is 6.50. The Kier molecular flexibility index (Phi) is 4.72. The zero-order valence-corrected chi connectivity index (χ0v) is 11.5. The van der Waals surface area contributed by atoms with Gasteiger partial charge in [-0.05, 0) is 28.7 Å². The molecule has 100 valence electrons. The Morgan fingerprint density at radius 1 is 0.895 bits per heavy atom. The molecule has 0 saturated heterocycles. The predicted octanol–water partition coefficient (Wildman–Crippen LogP) is 3.26. The van der Waals surface area contributed by atoms with E-state index in [1.54, 1.807) is 0 Å². The van der Waals surface area contributed by atoms with Gasteiger partial charge >= 0.3 is 0 Å². The van der Waals surface area contributed by atoms with Gasteiger partial charge in [0.25, 0.3) is 0 Å². The highest BCUT2D eigenvalue weighted by Gasteiger charge is 2.04. The zero-order chi connectivity index (χ0) is 13.7. The SMILES string of the molecule is CCCc1ccc(-c2ccc(C(N)CN)cc2)cc1. The molecular formula is C17H22N2. The molecule has 2 rings (SSSR count). The molecule has 0 aromatic heterocycles. The quantitative estimate of drug-likeness (QED) is 0.860. The highest BCUT2D eigenvalue weighted by Crippen LogP contribution is 2.22. The molecule has 2 heteroatoms. The highest BCUT2D eigenvalue weighted by molar-refractivity contribution is 5.64. The molecule has 0 aliphatic rings. The minimum absolute atomic E-state index is 0.0685. The van der Waals surface area contributed by atoms with E-state index in [4.69, 9.17) is 11.5 Å². The van der Waals surface area contributed by atoms with Crippen LogP contribution in [0.1, 0.15) is 30.5 Å². The highest BCUT2D eigenvalue weighted by atomic mass is 14.7. The Hall–Kier alpha value is -1.64. The van der Waals surface area contributed by atoms with E-state index in [2.05, 4.69) is 55.5 Å². The molecule has 0 fully saturated rings. The molecule has 0 saturated carbocycles. The summed E-state index contributed by atoms with van der Waals surface area (Å²) < 4.78 is 0. The average molecular weight is 254 g/mol. The third-order valence-electron chi connectivity index (χ3n) is 3.42. The van der Waals surface area contributed by atoms with Crippen molar-refractivity contribution in [3.63, 3.8) is 0 Å². The normalized spacial score (nSPS) is 12.4. The Balaban J connectivity index is 2.17. The van der Waals surface area contributed by atoms with Gasteiger partial charge in [-0.1, -0.05) is 61.9 Å². The lowest BCUT2D eigenvalue weighted by molar-refractivity contribution is 0.737. The van der Waals surface area contributed by atoms with Gasteiger partial charge < -0.3 is 11.5 Å². The Bertz CT molecular complexity index is 500. The van der Waals surface area contributed by atoms with Gasteiger partial charge in [-0.25, -0.2) is 0 Å². The lowest BCUT2D eigenvalue weighted by Gasteiger charge is -2.10.